The SMILES string of the molecule is NCCc1c[nH]c2ccc(CCC3NC(=O)N(Cc4cccs4)C3=O)cc12. The average Bonchev–Trinajstić information content (AvgIpc) is 3.38. The number of aromatic nitrogens is 1. The Morgan fingerprint density at radius 3 is 2.85 bits per heavy atom. The molecule has 6 nitrogen and oxygen atoms in total. The second kappa shape index (κ2) is 7.54. The summed E-state index contributed by atoms with van der Waals surface area (Å²) in [5.41, 5.74) is 9.14. The molecule has 1 fully saturated rings. The van der Waals surface area contributed by atoms with Crippen LogP contribution < -0.4 is 11.1 Å². The van der Waals surface area contributed by atoms with Gasteiger partial charge in [-0.25, -0.2) is 4.79 Å². The lowest BCUT2D eigenvalue weighted by molar-refractivity contribution is -0.127. The van der Waals surface area contributed by atoms with Gasteiger partial charge < -0.3 is 16.0 Å². The average molecular weight is 382 g/mol. The number of imide groups is 1. The van der Waals surface area contributed by atoms with E-state index < -0.39 is 6.04 Å². The van der Waals surface area contributed by atoms with Gasteiger partial charge in [-0.05, 0) is 60.5 Å². The molecule has 140 valence electrons. The van der Waals surface area contributed by atoms with Crippen LogP contribution in [0.3, 0.4) is 0 Å². The molecule has 3 heterocycles. The topological polar surface area (TPSA) is 91.2 Å². The number of aryl methyl sites for hydroxylation is 1. The number of thiophene rings is 1. The number of nitrogens with one attached hydrogen (secondary N) is 2. The van der Waals surface area contributed by atoms with Gasteiger partial charge in [0.25, 0.3) is 5.91 Å². The lowest BCUT2D eigenvalue weighted by Crippen LogP contribution is -2.30. The zero-order chi connectivity index (χ0) is 18.8. The quantitative estimate of drug-likeness (QED) is 0.549. The molecule has 0 saturated carbocycles. The van der Waals surface area contributed by atoms with E-state index in [0.29, 0.717) is 19.5 Å². The van der Waals surface area contributed by atoms with Crippen LogP contribution in [0.4, 0.5) is 4.79 Å². The number of hydrogen-bond acceptors (Lipinski definition) is 4. The molecule has 0 bridgehead atoms. The van der Waals surface area contributed by atoms with E-state index >= 15 is 0 Å². The number of carbonyl (C=O) groups excluding carboxylic acids is 2. The Kier molecular flexibility index (Phi) is 4.96. The fourth-order valence-corrected chi connectivity index (χ4v) is 4.23. The van der Waals surface area contributed by atoms with Gasteiger partial charge in [-0.2, -0.15) is 0 Å². The summed E-state index contributed by atoms with van der Waals surface area (Å²) < 4.78 is 0. The van der Waals surface area contributed by atoms with Crippen molar-refractivity contribution in [1.29, 1.82) is 0 Å². The molecular formula is C20H22N4O2S. The van der Waals surface area contributed by atoms with E-state index in [9.17, 15) is 9.59 Å². The molecule has 3 amide bonds. The highest BCUT2D eigenvalue weighted by Gasteiger charge is 2.37. The number of rotatable bonds is 7. The zero-order valence-corrected chi connectivity index (χ0v) is 15.7. The summed E-state index contributed by atoms with van der Waals surface area (Å²) in [5.74, 6) is -0.139. The maximum atomic E-state index is 12.6. The van der Waals surface area contributed by atoms with Crippen LogP contribution in [0.5, 0.6) is 0 Å². The van der Waals surface area contributed by atoms with Crippen LogP contribution in [0.25, 0.3) is 10.9 Å². The molecule has 1 aromatic carbocycles. The van der Waals surface area contributed by atoms with E-state index in [1.165, 1.54) is 15.8 Å². The molecule has 2 aromatic heterocycles. The van der Waals surface area contributed by atoms with E-state index in [4.69, 9.17) is 5.73 Å². The fraction of sp³-hybridized carbons (Fsp3) is 0.300. The summed E-state index contributed by atoms with van der Waals surface area (Å²) in [5, 5.41) is 5.95. The number of fused-ring (bicyclic) bond motifs is 1. The van der Waals surface area contributed by atoms with Crippen molar-refractivity contribution in [1.82, 2.24) is 15.2 Å². The third-order valence-corrected chi connectivity index (χ3v) is 5.83. The van der Waals surface area contributed by atoms with Crippen molar-refractivity contribution in [3.63, 3.8) is 0 Å². The smallest absolute Gasteiger partial charge is 0.325 e. The third-order valence-electron chi connectivity index (χ3n) is 4.97. The van der Waals surface area contributed by atoms with Crippen molar-refractivity contribution >= 4 is 34.2 Å². The Balaban J connectivity index is 1.42. The highest BCUT2D eigenvalue weighted by Crippen LogP contribution is 2.22. The van der Waals surface area contributed by atoms with Crippen molar-refractivity contribution in [2.24, 2.45) is 5.73 Å². The van der Waals surface area contributed by atoms with Crippen LogP contribution in [0, 0.1) is 0 Å². The van der Waals surface area contributed by atoms with Crippen molar-refractivity contribution < 1.29 is 9.59 Å². The molecule has 4 rings (SSSR count). The number of benzene rings is 1. The first-order chi connectivity index (χ1) is 13.2. The number of carbonyl (C=O) groups is 2. The van der Waals surface area contributed by atoms with E-state index in [0.717, 1.165) is 28.8 Å². The predicted octanol–water partition coefficient (Wildman–Crippen LogP) is 2.78. The van der Waals surface area contributed by atoms with Gasteiger partial charge in [0.2, 0.25) is 0 Å². The van der Waals surface area contributed by atoms with E-state index in [-0.39, 0.29) is 11.9 Å². The van der Waals surface area contributed by atoms with Crippen molar-refractivity contribution in [3.05, 3.63) is 57.9 Å². The zero-order valence-electron chi connectivity index (χ0n) is 14.9. The van der Waals surface area contributed by atoms with Gasteiger partial charge in [0.1, 0.15) is 6.04 Å². The van der Waals surface area contributed by atoms with Gasteiger partial charge in [0.05, 0.1) is 6.54 Å². The first-order valence-electron chi connectivity index (χ1n) is 9.09. The molecule has 3 aromatic rings. The monoisotopic (exact) mass is 382 g/mol. The molecular weight excluding hydrogens is 360 g/mol. The maximum absolute atomic E-state index is 12.6. The van der Waals surface area contributed by atoms with Gasteiger partial charge in [-0.3, -0.25) is 9.69 Å². The number of aromatic amines is 1. The standard InChI is InChI=1S/C20H22N4O2S/c21-8-7-14-11-22-17-5-3-13(10-16(14)17)4-6-18-19(25)24(20(26)23-18)12-15-2-1-9-27-15/h1-3,5,9-11,18,22H,4,6-8,12,21H2,(H,23,26). The molecule has 0 radical (unpaired) electrons. The van der Waals surface area contributed by atoms with Crippen LogP contribution >= 0.6 is 11.3 Å². The Morgan fingerprint density at radius 1 is 1.19 bits per heavy atom. The number of nitrogens with zero attached hydrogens (tertiary/aromatic N) is 1. The highest BCUT2D eigenvalue weighted by molar-refractivity contribution is 7.09. The Morgan fingerprint density at radius 2 is 2.07 bits per heavy atom. The molecule has 27 heavy (non-hydrogen) atoms. The summed E-state index contributed by atoms with van der Waals surface area (Å²) >= 11 is 1.55. The number of urea groups is 1. The van der Waals surface area contributed by atoms with Crippen LogP contribution in [0.15, 0.2) is 41.9 Å². The van der Waals surface area contributed by atoms with Gasteiger partial charge in [0, 0.05) is 22.0 Å². The summed E-state index contributed by atoms with van der Waals surface area (Å²) in [6, 6.07) is 9.38. The number of amides is 3. The molecule has 4 N–H and O–H groups in total. The molecule has 1 atom stereocenters. The Bertz CT molecular complexity index is 964. The minimum atomic E-state index is -0.456. The highest BCUT2D eigenvalue weighted by atomic mass is 32.1. The van der Waals surface area contributed by atoms with E-state index in [1.807, 2.05) is 23.7 Å². The first-order valence-corrected chi connectivity index (χ1v) is 9.97. The summed E-state index contributed by atoms with van der Waals surface area (Å²) in [6.45, 7) is 0.955. The number of H-pyrrole nitrogens is 1. The molecule has 1 unspecified atom stereocenters. The molecule has 0 aliphatic carbocycles. The largest absolute Gasteiger partial charge is 0.361 e. The molecule has 1 aliphatic heterocycles. The Hall–Kier alpha value is -2.64. The lowest BCUT2D eigenvalue weighted by Gasteiger charge is -2.11. The first kappa shape index (κ1) is 17.8. The molecule has 7 heteroatoms. The summed E-state index contributed by atoms with van der Waals surface area (Å²) in [7, 11) is 0. The lowest BCUT2D eigenvalue weighted by atomic mass is 10.0. The maximum Gasteiger partial charge on any atom is 0.325 e. The van der Waals surface area contributed by atoms with Crippen molar-refractivity contribution in [2.45, 2.75) is 31.8 Å². The second-order valence-corrected chi connectivity index (χ2v) is 7.81. The predicted molar refractivity (Wildman–Crippen MR) is 107 cm³/mol. The minimum Gasteiger partial charge on any atom is -0.361 e. The Labute approximate surface area is 161 Å². The van der Waals surface area contributed by atoms with Gasteiger partial charge in [0.15, 0.2) is 0 Å². The second-order valence-electron chi connectivity index (χ2n) is 6.78. The van der Waals surface area contributed by atoms with Gasteiger partial charge in [-0.15, -0.1) is 11.3 Å². The van der Waals surface area contributed by atoms with Crippen LogP contribution in [-0.2, 0) is 24.2 Å². The molecule has 1 aliphatic rings. The van der Waals surface area contributed by atoms with Crippen LogP contribution in [0.2, 0.25) is 0 Å². The van der Waals surface area contributed by atoms with Crippen LogP contribution in [0.1, 0.15) is 22.4 Å². The summed E-state index contributed by atoms with van der Waals surface area (Å²) in [4.78, 5) is 30.4. The molecule has 1 saturated heterocycles. The minimum absolute atomic E-state index is 0.139. The number of hydrogen-bond donors (Lipinski definition) is 3. The molecule has 0 spiro atoms. The van der Waals surface area contributed by atoms with Gasteiger partial charge in [-0.1, -0.05) is 12.1 Å². The third kappa shape index (κ3) is 3.61. The van der Waals surface area contributed by atoms with Crippen LogP contribution in [-0.4, -0.2) is 34.4 Å². The fourth-order valence-electron chi connectivity index (χ4n) is 3.54. The van der Waals surface area contributed by atoms with E-state index in [1.54, 1.807) is 11.3 Å². The number of nitrogens with two attached hydrogens (primary N) is 1. The normalized spacial score (nSPS) is 17.1. The van der Waals surface area contributed by atoms with Crippen molar-refractivity contribution in [2.75, 3.05) is 6.54 Å². The van der Waals surface area contributed by atoms with E-state index in [2.05, 4.69) is 28.5 Å². The summed E-state index contributed by atoms with van der Waals surface area (Å²) in [6.07, 6.45) is 4.16. The van der Waals surface area contributed by atoms with Gasteiger partial charge >= 0.3 is 6.03 Å². The van der Waals surface area contributed by atoms with Crippen molar-refractivity contribution in [3.8, 4) is 0 Å².